The molecule has 0 aliphatic heterocycles. The molecule has 10 aromatic rings. The van der Waals surface area contributed by atoms with E-state index in [-0.39, 0.29) is 0 Å². The van der Waals surface area contributed by atoms with Crippen molar-refractivity contribution in [2.75, 3.05) is 0 Å². The van der Waals surface area contributed by atoms with Crippen molar-refractivity contribution in [3.63, 3.8) is 0 Å². The summed E-state index contributed by atoms with van der Waals surface area (Å²) >= 11 is 3.64. The summed E-state index contributed by atoms with van der Waals surface area (Å²) in [6, 6.07) is 58.0. The van der Waals surface area contributed by atoms with Gasteiger partial charge in [0, 0.05) is 57.0 Å². The Kier molecular flexibility index (Phi) is 6.86. The molecule has 3 heterocycles. The van der Waals surface area contributed by atoms with Gasteiger partial charge in [0.25, 0.3) is 0 Å². The molecule has 0 aliphatic rings. The SMILES string of the molecule is c1ccc(-c2ccc(-c3nc(-c4cccc(-c5ccc6c(c5)sc5ccccc56)c4)nc(-c4ccc5c(c4)sc4ccccc45)n3)cc2)cc1. The zero-order valence-corrected chi connectivity index (χ0v) is 28.4. The Morgan fingerprint density at radius 1 is 0.260 bits per heavy atom. The maximum atomic E-state index is 5.12. The highest BCUT2D eigenvalue weighted by molar-refractivity contribution is 7.26. The van der Waals surface area contributed by atoms with Crippen molar-refractivity contribution in [1.29, 1.82) is 0 Å². The van der Waals surface area contributed by atoms with Gasteiger partial charge in [0.05, 0.1) is 0 Å². The lowest BCUT2D eigenvalue weighted by atomic mass is 10.0. The van der Waals surface area contributed by atoms with Crippen molar-refractivity contribution in [2.45, 2.75) is 0 Å². The van der Waals surface area contributed by atoms with E-state index in [4.69, 9.17) is 15.0 Å². The molecule has 234 valence electrons. The molecule has 0 atom stereocenters. The molecule has 5 heteroatoms. The second-order valence-electron chi connectivity index (χ2n) is 12.4. The minimum absolute atomic E-state index is 0.651. The summed E-state index contributed by atoms with van der Waals surface area (Å²) < 4.78 is 5.09. The first-order valence-electron chi connectivity index (χ1n) is 16.6. The van der Waals surface area contributed by atoms with Crippen LogP contribution in [0, 0.1) is 0 Å². The monoisotopic (exact) mass is 673 g/mol. The molecule has 0 saturated carbocycles. The third-order valence-electron chi connectivity index (χ3n) is 9.36. The molecule has 0 N–H and O–H groups in total. The first kappa shape index (κ1) is 29.0. The molecule has 0 radical (unpaired) electrons. The Morgan fingerprint density at radius 2 is 0.660 bits per heavy atom. The maximum absolute atomic E-state index is 5.12. The fourth-order valence-corrected chi connectivity index (χ4v) is 9.10. The van der Waals surface area contributed by atoms with E-state index in [9.17, 15) is 0 Å². The topological polar surface area (TPSA) is 38.7 Å². The van der Waals surface area contributed by atoms with Crippen molar-refractivity contribution in [3.05, 3.63) is 164 Å². The fourth-order valence-electron chi connectivity index (χ4n) is 6.81. The molecule has 3 nitrogen and oxygen atoms in total. The molecule has 0 bridgehead atoms. The average molecular weight is 674 g/mol. The van der Waals surface area contributed by atoms with E-state index in [1.807, 2.05) is 17.4 Å². The molecule has 3 aromatic heterocycles. The van der Waals surface area contributed by atoms with Crippen molar-refractivity contribution < 1.29 is 0 Å². The van der Waals surface area contributed by atoms with Crippen LogP contribution in [0.1, 0.15) is 0 Å². The molecule has 0 amide bonds. The van der Waals surface area contributed by atoms with E-state index in [2.05, 4.69) is 158 Å². The van der Waals surface area contributed by atoms with Crippen LogP contribution in [0.15, 0.2) is 164 Å². The summed E-state index contributed by atoms with van der Waals surface area (Å²) in [5, 5.41) is 5.14. The molecular weight excluding hydrogens is 647 g/mol. The van der Waals surface area contributed by atoms with Crippen LogP contribution in [0.4, 0.5) is 0 Å². The van der Waals surface area contributed by atoms with Crippen LogP contribution in [0.2, 0.25) is 0 Å². The first-order chi connectivity index (χ1) is 24.7. The Labute approximate surface area is 296 Å². The summed E-state index contributed by atoms with van der Waals surface area (Å²) in [7, 11) is 0. The number of hydrogen-bond donors (Lipinski definition) is 0. The van der Waals surface area contributed by atoms with E-state index in [0.29, 0.717) is 17.5 Å². The largest absolute Gasteiger partial charge is 0.208 e. The highest BCUT2D eigenvalue weighted by Crippen LogP contribution is 2.38. The Balaban J connectivity index is 1.10. The molecule has 0 aliphatic carbocycles. The second kappa shape index (κ2) is 11.8. The summed E-state index contributed by atoms with van der Waals surface area (Å²) in [6.45, 7) is 0. The van der Waals surface area contributed by atoms with E-state index in [1.165, 1.54) is 51.5 Å². The van der Waals surface area contributed by atoms with Gasteiger partial charge in [0.1, 0.15) is 0 Å². The van der Waals surface area contributed by atoms with Crippen molar-refractivity contribution in [1.82, 2.24) is 15.0 Å². The molecule has 10 rings (SSSR count). The highest BCUT2D eigenvalue weighted by atomic mass is 32.1. The number of benzene rings is 7. The molecule has 50 heavy (non-hydrogen) atoms. The minimum atomic E-state index is 0.651. The lowest BCUT2D eigenvalue weighted by Crippen LogP contribution is -2.00. The van der Waals surface area contributed by atoms with Crippen LogP contribution in [0.5, 0.6) is 0 Å². The molecule has 7 aromatic carbocycles. The van der Waals surface area contributed by atoms with Gasteiger partial charge in [-0.25, -0.2) is 15.0 Å². The van der Waals surface area contributed by atoms with E-state index < -0.39 is 0 Å². The predicted octanol–water partition coefficient (Wildman–Crippen LogP) is 12.9. The number of hydrogen-bond acceptors (Lipinski definition) is 5. The van der Waals surface area contributed by atoms with Gasteiger partial charge in [-0.1, -0.05) is 133 Å². The Bertz CT molecular complexity index is 2870. The standard InChI is InChI=1S/C45H27N3S2/c1-2-9-28(10-3-1)29-17-19-30(20-18-29)43-46-44(48-45(47-43)34-22-24-38-36-14-5-7-16-40(36)50-42(38)27-34)33-12-8-11-31(25-33)32-21-23-37-35-13-4-6-15-39(35)49-41(37)26-32/h1-27H. The summed E-state index contributed by atoms with van der Waals surface area (Å²) in [6.07, 6.45) is 0. The minimum Gasteiger partial charge on any atom is -0.208 e. The van der Waals surface area contributed by atoms with E-state index in [1.54, 1.807) is 11.3 Å². The van der Waals surface area contributed by atoms with Crippen molar-refractivity contribution >= 4 is 63.0 Å². The number of aromatic nitrogens is 3. The molecule has 0 fully saturated rings. The highest BCUT2D eigenvalue weighted by Gasteiger charge is 2.15. The third kappa shape index (κ3) is 5.07. The van der Waals surface area contributed by atoms with Crippen LogP contribution in [-0.2, 0) is 0 Å². The molecule has 0 saturated heterocycles. The molecule has 0 unspecified atom stereocenters. The smallest absolute Gasteiger partial charge is 0.164 e. The van der Waals surface area contributed by atoms with Crippen LogP contribution in [0.25, 0.3) is 96.8 Å². The van der Waals surface area contributed by atoms with Gasteiger partial charge in [-0.2, -0.15) is 0 Å². The van der Waals surface area contributed by atoms with Crippen molar-refractivity contribution in [3.8, 4) is 56.4 Å². The van der Waals surface area contributed by atoms with Gasteiger partial charge in [0.2, 0.25) is 0 Å². The molecule has 0 spiro atoms. The zero-order chi connectivity index (χ0) is 33.0. The lowest BCUT2D eigenvalue weighted by Gasteiger charge is -2.10. The fraction of sp³-hybridized carbons (Fsp3) is 0. The predicted molar refractivity (Wildman–Crippen MR) is 213 cm³/mol. The number of fused-ring (bicyclic) bond motifs is 6. The average Bonchev–Trinajstić information content (AvgIpc) is 3.76. The van der Waals surface area contributed by atoms with Gasteiger partial charge < -0.3 is 0 Å². The number of thiophene rings is 2. The summed E-state index contributed by atoms with van der Waals surface area (Å²) in [4.78, 5) is 15.3. The van der Waals surface area contributed by atoms with E-state index in [0.717, 1.165) is 27.8 Å². The maximum Gasteiger partial charge on any atom is 0.164 e. The molecular formula is C45H27N3S2. The van der Waals surface area contributed by atoms with Gasteiger partial charge in [-0.05, 0) is 52.6 Å². The van der Waals surface area contributed by atoms with Crippen LogP contribution in [-0.4, -0.2) is 15.0 Å². The van der Waals surface area contributed by atoms with Gasteiger partial charge in [-0.3, -0.25) is 0 Å². The Morgan fingerprint density at radius 3 is 1.32 bits per heavy atom. The Hall–Kier alpha value is -6.01. The summed E-state index contributed by atoms with van der Waals surface area (Å²) in [5.74, 6) is 1.96. The normalized spacial score (nSPS) is 11.6. The van der Waals surface area contributed by atoms with Gasteiger partial charge in [-0.15, -0.1) is 22.7 Å². The number of nitrogens with zero attached hydrogens (tertiary/aromatic N) is 3. The van der Waals surface area contributed by atoms with Crippen molar-refractivity contribution in [2.24, 2.45) is 0 Å². The summed E-state index contributed by atoms with van der Waals surface area (Å²) in [5.41, 5.74) is 7.51. The first-order valence-corrected chi connectivity index (χ1v) is 18.2. The van der Waals surface area contributed by atoms with Crippen LogP contribution < -0.4 is 0 Å². The third-order valence-corrected chi connectivity index (χ3v) is 11.6. The van der Waals surface area contributed by atoms with Crippen LogP contribution >= 0.6 is 22.7 Å². The number of rotatable bonds is 5. The second-order valence-corrected chi connectivity index (χ2v) is 14.6. The van der Waals surface area contributed by atoms with E-state index >= 15 is 0 Å². The van der Waals surface area contributed by atoms with Gasteiger partial charge >= 0.3 is 0 Å². The van der Waals surface area contributed by atoms with Crippen LogP contribution in [0.3, 0.4) is 0 Å². The zero-order valence-electron chi connectivity index (χ0n) is 26.7. The quantitative estimate of drug-likeness (QED) is 0.182. The lowest BCUT2D eigenvalue weighted by molar-refractivity contribution is 1.07. The van der Waals surface area contributed by atoms with Gasteiger partial charge in [0.15, 0.2) is 17.5 Å².